The zero-order chi connectivity index (χ0) is 18.4. The molecule has 2 aliphatic heterocycles. The summed E-state index contributed by atoms with van der Waals surface area (Å²) in [7, 11) is 0. The van der Waals surface area contributed by atoms with Gasteiger partial charge >= 0.3 is 0 Å². The van der Waals surface area contributed by atoms with Crippen LogP contribution in [0.3, 0.4) is 0 Å². The standard InChI is InChI=1S/C23H34N2O/c1-18(2)20-7-5-19(6-8-20)15-24-13-4-9-23(16-24)12-14-25(17-23)21(26)22(3)10-11-22/h5-8,18H,4,9-17H2,1-3H3/t23-/m1/s1. The van der Waals surface area contributed by atoms with Crippen molar-refractivity contribution in [2.24, 2.45) is 10.8 Å². The van der Waals surface area contributed by atoms with Crippen LogP contribution in [0, 0.1) is 10.8 Å². The summed E-state index contributed by atoms with van der Waals surface area (Å²) in [5, 5.41) is 0. The van der Waals surface area contributed by atoms with Crippen molar-refractivity contribution in [1.82, 2.24) is 9.80 Å². The van der Waals surface area contributed by atoms with Crippen LogP contribution in [-0.2, 0) is 11.3 Å². The van der Waals surface area contributed by atoms with Crippen LogP contribution in [0.4, 0.5) is 0 Å². The lowest BCUT2D eigenvalue weighted by molar-refractivity contribution is -0.135. The maximum absolute atomic E-state index is 12.7. The van der Waals surface area contributed by atoms with Crippen LogP contribution in [0.2, 0.25) is 0 Å². The van der Waals surface area contributed by atoms with Gasteiger partial charge in [-0.1, -0.05) is 45.0 Å². The Morgan fingerprint density at radius 1 is 1.04 bits per heavy atom. The molecule has 3 fully saturated rings. The Morgan fingerprint density at radius 2 is 1.77 bits per heavy atom. The number of hydrogen-bond acceptors (Lipinski definition) is 2. The third-order valence-corrected chi connectivity index (χ3v) is 7.03. The number of benzene rings is 1. The van der Waals surface area contributed by atoms with E-state index in [2.05, 4.69) is 54.8 Å². The highest BCUT2D eigenvalue weighted by molar-refractivity contribution is 5.85. The second-order valence-corrected chi connectivity index (χ2v) is 9.75. The first-order chi connectivity index (χ1) is 12.4. The molecule has 1 atom stereocenters. The molecule has 3 aliphatic rings. The fraction of sp³-hybridized carbons (Fsp3) is 0.696. The van der Waals surface area contributed by atoms with Gasteiger partial charge in [0.1, 0.15) is 0 Å². The van der Waals surface area contributed by atoms with Crippen LogP contribution < -0.4 is 0 Å². The van der Waals surface area contributed by atoms with Gasteiger partial charge < -0.3 is 4.90 Å². The van der Waals surface area contributed by atoms with Crippen molar-refractivity contribution < 1.29 is 4.79 Å². The fourth-order valence-electron chi connectivity index (χ4n) is 4.94. The Bertz CT molecular complexity index is 661. The Hall–Kier alpha value is -1.35. The molecular weight excluding hydrogens is 320 g/mol. The molecule has 4 rings (SSSR count). The minimum atomic E-state index is -0.0158. The summed E-state index contributed by atoms with van der Waals surface area (Å²) in [5.74, 6) is 1.02. The predicted octanol–water partition coefficient (Wildman–Crippen LogP) is 4.42. The molecule has 1 aromatic carbocycles. The lowest BCUT2D eigenvalue weighted by atomic mass is 9.79. The molecule has 1 saturated carbocycles. The highest BCUT2D eigenvalue weighted by Crippen LogP contribution is 2.49. The van der Waals surface area contributed by atoms with Crippen LogP contribution in [0.1, 0.15) is 69.9 Å². The minimum Gasteiger partial charge on any atom is -0.342 e. The molecular formula is C23H34N2O. The monoisotopic (exact) mass is 354 g/mol. The number of amides is 1. The van der Waals surface area contributed by atoms with Gasteiger partial charge in [-0.25, -0.2) is 0 Å². The van der Waals surface area contributed by atoms with Crippen molar-refractivity contribution in [1.29, 1.82) is 0 Å². The molecule has 0 aromatic heterocycles. The molecule has 1 amide bonds. The fourth-order valence-corrected chi connectivity index (χ4v) is 4.94. The lowest BCUT2D eigenvalue weighted by Crippen LogP contribution is -2.45. The highest BCUT2D eigenvalue weighted by Gasteiger charge is 2.51. The van der Waals surface area contributed by atoms with E-state index in [1.54, 1.807) is 0 Å². The van der Waals surface area contributed by atoms with Crippen molar-refractivity contribution in [2.75, 3.05) is 26.2 Å². The summed E-state index contributed by atoms with van der Waals surface area (Å²) >= 11 is 0. The number of nitrogens with zero attached hydrogens (tertiary/aromatic N) is 2. The molecule has 1 aliphatic carbocycles. The van der Waals surface area contributed by atoms with E-state index < -0.39 is 0 Å². The maximum atomic E-state index is 12.7. The molecule has 0 bridgehead atoms. The van der Waals surface area contributed by atoms with Gasteiger partial charge in [-0.15, -0.1) is 0 Å². The van der Waals surface area contributed by atoms with E-state index >= 15 is 0 Å². The highest BCUT2D eigenvalue weighted by atomic mass is 16.2. The number of piperidine rings is 1. The number of carbonyl (C=O) groups is 1. The van der Waals surface area contributed by atoms with Gasteiger partial charge in [-0.2, -0.15) is 0 Å². The zero-order valence-corrected chi connectivity index (χ0v) is 16.8. The van der Waals surface area contributed by atoms with Crippen molar-refractivity contribution in [3.63, 3.8) is 0 Å². The number of rotatable bonds is 4. The summed E-state index contributed by atoms with van der Waals surface area (Å²) in [6, 6.07) is 9.17. The normalized spacial score (nSPS) is 28.1. The second-order valence-electron chi connectivity index (χ2n) is 9.75. The molecule has 3 nitrogen and oxygen atoms in total. The first kappa shape index (κ1) is 18.0. The van der Waals surface area contributed by atoms with Crippen molar-refractivity contribution in [3.8, 4) is 0 Å². The lowest BCUT2D eigenvalue weighted by Gasteiger charge is -2.40. The van der Waals surface area contributed by atoms with Gasteiger partial charge in [-0.3, -0.25) is 9.69 Å². The second kappa shape index (κ2) is 6.67. The van der Waals surface area contributed by atoms with E-state index in [4.69, 9.17) is 0 Å². The maximum Gasteiger partial charge on any atom is 0.228 e. The van der Waals surface area contributed by atoms with Crippen LogP contribution in [-0.4, -0.2) is 41.9 Å². The van der Waals surface area contributed by atoms with Gasteiger partial charge in [0, 0.05) is 37.0 Å². The Morgan fingerprint density at radius 3 is 2.42 bits per heavy atom. The van der Waals surface area contributed by atoms with Crippen LogP contribution in [0.15, 0.2) is 24.3 Å². The van der Waals surface area contributed by atoms with Crippen LogP contribution >= 0.6 is 0 Å². The minimum absolute atomic E-state index is 0.0158. The first-order valence-electron chi connectivity index (χ1n) is 10.5. The van der Waals surface area contributed by atoms with E-state index in [0.29, 0.717) is 17.2 Å². The molecule has 2 saturated heterocycles. The number of likely N-dealkylation sites (tertiary alicyclic amines) is 2. The quantitative estimate of drug-likeness (QED) is 0.799. The molecule has 0 radical (unpaired) electrons. The summed E-state index contributed by atoms with van der Waals surface area (Å²) in [5.41, 5.74) is 3.17. The van der Waals surface area contributed by atoms with E-state index in [0.717, 1.165) is 39.0 Å². The van der Waals surface area contributed by atoms with Crippen molar-refractivity contribution in [3.05, 3.63) is 35.4 Å². The topological polar surface area (TPSA) is 23.6 Å². The zero-order valence-electron chi connectivity index (χ0n) is 16.8. The van der Waals surface area contributed by atoms with Gasteiger partial charge in [-0.05, 0) is 55.7 Å². The molecule has 0 unspecified atom stereocenters. The molecule has 1 spiro atoms. The van der Waals surface area contributed by atoms with Crippen molar-refractivity contribution >= 4 is 5.91 Å². The largest absolute Gasteiger partial charge is 0.342 e. The van der Waals surface area contributed by atoms with E-state index in [1.165, 1.54) is 36.9 Å². The average molecular weight is 355 g/mol. The van der Waals surface area contributed by atoms with Gasteiger partial charge in [0.05, 0.1) is 0 Å². The van der Waals surface area contributed by atoms with E-state index in [1.807, 2.05) is 0 Å². The van der Waals surface area contributed by atoms with Crippen LogP contribution in [0.5, 0.6) is 0 Å². The van der Waals surface area contributed by atoms with Gasteiger partial charge in [0.25, 0.3) is 0 Å². The van der Waals surface area contributed by atoms with Crippen molar-refractivity contribution in [2.45, 2.75) is 65.3 Å². The molecule has 2 heterocycles. The summed E-state index contributed by atoms with van der Waals surface area (Å²) in [6.45, 7) is 12.0. The first-order valence-corrected chi connectivity index (χ1v) is 10.5. The SMILES string of the molecule is CC(C)c1ccc(CN2CCC[C@@]3(CCN(C(=O)C4(C)CC4)C3)C2)cc1. The van der Waals surface area contributed by atoms with Gasteiger partial charge in [0.2, 0.25) is 5.91 Å². The summed E-state index contributed by atoms with van der Waals surface area (Å²) in [6.07, 6.45) is 5.93. The molecule has 26 heavy (non-hydrogen) atoms. The molecule has 0 N–H and O–H groups in total. The summed E-state index contributed by atoms with van der Waals surface area (Å²) in [4.78, 5) is 17.5. The Kier molecular flexibility index (Phi) is 4.63. The smallest absolute Gasteiger partial charge is 0.228 e. The Labute approximate surface area is 158 Å². The Balaban J connectivity index is 1.37. The van der Waals surface area contributed by atoms with E-state index in [9.17, 15) is 4.79 Å². The van der Waals surface area contributed by atoms with Crippen LogP contribution in [0.25, 0.3) is 0 Å². The molecule has 3 heteroatoms. The summed E-state index contributed by atoms with van der Waals surface area (Å²) < 4.78 is 0. The molecule has 142 valence electrons. The van der Waals surface area contributed by atoms with E-state index in [-0.39, 0.29) is 5.41 Å². The third kappa shape index (κ3) is 3.55. The average Bonchev–Trinajstić information content (AvgIpc) is 3.25. The number of carbonyl (C=O) groups excluding carboxylic acids is 1. The predicted molar refractivity (Wildman–Crippen MR) is 106 cm³/mol. The molecule has 1 aromatic rings. The third-order valence-electron chi connectivity index (χ3n) is 7.03. The number of hydrogen-bond donors (Lipinski definition) is 0. The van der Waals surface area contributed by atoms with Gasteiger partial charge in [0.15, 0.2) is 0 Å².